The van der Waals surface area contributed by atoms with Crippen molar-refractivity contribution >= 4 is 148 Å². The first-order valence-electron chi connectivity index (χ1n) is 27.8. The highest BCUT2D eigenvalue weighted by atomic mass is 32.1. The van der Waals surface area contributed by atoms with Crippen LogP contribution in [0.15, 0.2) is 273 Å². The second kappa shape index (κ2) is 21.4. The predicted octanol–water partition coefficient (Wildman–Crippen LogP) is 23.8. The van der Waals surface area contributed by atoms with E-state index in [0.717, 1.165) is 17.1 Å². The van der Waals surface area contributed by atoms with Gasteiger partial charge in [-0.15, -0.1) is 34.0 Å². The monoisotopic (exact) mass is 1100 g/mol. The molecular formula is C78H51NS3. The van der Waals surface area contributed by atoms with Gasteiger partial charge in [-0.1, -0.05) is 218 Å². The average Bonchev–Trinajstić information content (AvgIpc) is 4.35. The summed E-state index contributed by atoms with van der Waals surface area (Å²) in [6, 6.07) is 100. The van der Waals surface area contributed by atoms with E-state index in [4.69, 9.17) is 0 Å². The van der Waals surface area contributed by atoms with Gasteiger partial charge in [0.2, 0.25) is 0 Å². The molecule has 0 saturated heterocycles. The van der Waals surface area contributed by atoms with Crippen LogP contribution >= 0.6 is 34.0 Å². The Morgan fingerprint density at radius 3 is 0.683 bits per heavy atom. The Hall–Kier alpha value is -9.68. The Morgan fingerprint density at radius 2 is 0.415 bits per heavy atom. The van der Waals surface area contributed by atoms with Crippen LogP contribution in [0.1, 0.15) is 33.4 Å². The maximum Gasteiger partial charge on any atom is 0.0468 e. The van der Waals surface area contributed by atoms with Crippen molar-refractivity contribution in [2.45, 2.75) is 0 Å². The molecule has 82 heavy (non-hydrogen) atoms. The van der Waals surface area contributed by atoms with Gasteiger partial charge in [0.25, 0.3) is 0 Å². The molecule has 3 heterocycles. The summed E-state index contributed by atoms with van der Waals surface area (Å²) in [5.74, 6) is 0. The zero-order chi connectivity index (χ0) is 54.3. The molecule has 0 bridgehead atoms. The lowest BCUT2D eigenvalue weighted by Crippen LogP contribution is -2.09. The van der Waals surface area contributed by atoms with Crippen LogP contribution in [0, 0.1) is 0 Å². The van der Waals surface area contributed by atoms with Crippen molar-refractivity contribution in [1.29, 1.82) is 0 Å². The Labute approximate surface area is 489 Å². The molecule has 0 atom stereocenters. The lowest BCUT2D eigenvalue weighted by molar-refractivity contribution is 1.30. The molecule has 0 aliphatic heterocycles. The van der Waals surface area contributed by atoms with Gasteiger partial charge in [0.05, 0.1) is 0 Å². The standard InChI is InChI=1S/C78H51NS3/c1-4-10-52(11-5-1)16-19-55-22-28-58(29-23-55)61-34-40-73-67(46-61)70-49-64(37-43-76(70)80-73)79(65-38-44-77-71(50-65)68-47-62(35-41-74(68)81-77)59-30-24-56(25-31-59)20-17-53-12-6-2-7-13-53)66-39-45-78-72(51-66)69-48-63(36-42-75(69)82-78)60-32-26-57(27-33-60)21-18-54-14-8-3-9-15-54/h1-51H/b19-16+,20-17+,21-18+. The fraction of sp³-hybridized carbons (Fsp3) is 0. The lowest BCUT2D eigenvalue weighted by atomic mass is 10.0. The first kappa shape index (κ1) is 49.4. The van der Waals surface area contributed by atoms with Crippen LogP contribution in [0.25, 0.3) is 130 Å². The van der Waals surface area contributed by atoms with Crippen LogP contribution in [0.5, 0.6) is 0 Å². The summed E-state index contributed by atoms with van der Waals surface area (Å²) >= 11 is 5.59. The predicted molar refractivity (Wildman–Crippen MR) is 362 cm³/mol. The Morgan fingerprint density at radius 1 is 0.195 bits per heavy atom. The summed E-state index contributed by atoms with van der Waals surface area (Å²) in [6.07, 6.45) is 13.1. The highest BCUT2D eigenvalue weighted by molar-refractivity contribution is 7.26. The Kier molecular flexibility index (Phi) is 12.9. The summed E-state index contributed by atoms with van der Waals surface area (Å²) in [6.45, 7) is 0. The second-order valence-electron chi connectivity index (χ2n) is 20.9. The smallest absolute Gasteiger partial charge is 0.0468 e. The van der Waals surface area contributed by atoms with Crippen LogP contribution in [-0.2, 0) is 0 Å². The van der Waals surface area contributed by atoms with Crippen LogP contribution in [0.2, 0.25) is 0 Å². The molecule has 4 heteroatoms. The second-order valence-corrected chi connectivity index (χ2v) is 24.2. The third kappa shape index (κ3) is 9.84. The van der Waals surface area contributed by atoms with E-state index in [1.165, 1.54) is 127 Å². The molecular weight excluding hydrogens is 1050 g/mol. The van der Waals surface area contributed by atoms with Crippen LogP contribution < -0.4 is 4.90 Å². The van der Waals surface area contributed by atoms with Gasteiger partial charge in [0.15, 0.2) is 0 Å². The summed E-state index contributed by atoms with van der Waals surface area (Å²) < 4.78 is 7.67. The number of anilines is 3. The third-order valence-corrected chi connectivity index (χ3v) is 19.1. The van der Waals surface area contributed by atoms with Gasteiger partial charge in [-0.3, -0.25) is 0 Å². The largest absolute Gasteiger partial charge is 0.310 e. The molecule has 12 aromatic carbocycles. The van der Waals surface area contributed by atoms with Gasteiger partial charge in [0.1, 0.15) is 0 Å². The van der Waals surface area contributed by atoms with Gasteiger partial charge in [0, 0.05) is 77.6 Å². The van der Waals surface area contributed by atoms with Crippen LogP contribution in [-0.4, -0.2) is 0 Å². The van der Waals surface area contributed by atoms with Gasteiger partial charge in [-0.25, -0.2) is 0 Å². The molecule has 0 aliphatic carbocycles. The number of rotatable bonds is 12. The van der Waals surface area contributed by atoms with E-state index in [-0.39, 0.29) is 0 Å². The molecule has 1 nitrogen and oxygen atoms in total. The molecule has 0 fully saturated rings. The number of benzene rings is 12. The van der Waals surface area contributed by atoms with Crippen molar-refractivity contribution in [3.63, 3.8) is 0 Å². The quantitative estimate of drug-likeness (QED) is 0.110. The first-order valence-corrected chi connectivity index (χ1v) is 30.2. The molecule has 15 rings (SSSR count). The first-order chi connectivity index (χ1) is 40.5. The SMILES string of the molecule is C(=C\c1ccc(-c2ccc3sc4ccc(N(c5ccc6sc7ccc(-c8ccc(/C=C/c9ccccc9)cc8)cc7c6c5)c5ccc6sc7ccc(-c8ccc(/C=C/c9ccccc9)cc8)cc7c6c5)cc4c3c2)cc1)/c1ccccc1. The molecule has 0 aliphatic rings. The average molecular weight is 1100 g/mol. The molecule has 0 amide bonds. The van der Waals surface area contributed by atoms with Crippen molar-refractivity contribution in [3.8, 4) is 33.4 Å². The molecule has 0 spiro atoms. The summed E-state index contributed by atoms with van der Waals surface area (Å²) in [5, 5.41) is 7.58. The number of nitrogens with zero attached hydrogens (tertiary/aromatic N) is 1. The highest BCUT2D eigenvalue weighted by Gasteiger charge is 2.20. The van der Waals surface area contributed by atoms with E-state index < -0.39 is 0 Å². The minimum Gasteiger partial charge on any atom is -0.310 e. The van der Waals surface area contributed by atoms with E-state index in [1.807, 2.05) is 34.0 Å². The van der Waals surface area contributed by atoms with E-state index in [0.29, 0.717) is 0 Å². The minimum absolute atomic E-state index is 1.12. The topological polar surface area (TPSA) is 3.24 Å². The van der Waals surface area contributed by atoms with Gasteiger partial charge in [-0.2, -0.15) is 0 Å². The Balaban J connectivity index is 0.823. The Bertz CT molecular complexity index is 4430. The van der Waals surface area contributed by atoms with Crippen LogP contribution in [0.3, 0.4) is 0 Å². The molecule has 0 saturated carbocycles. The van der Waals surface area contributed by atoms with Crippen molar-refractivity contribution in [3.05, 3.63) is 306 Å². The highest BCUT2D eigenvalue weighted by Crippen LogP contribution is 2.47. The molecule has 0 N–H and O–H groups in total. The lowest BCUT2D eigenvalue weighted by Gasteiger charge is -2.26. The molecule has 15 aromatic rings. The van der Waals surface area contributed by atoms with Crippen molar-refractivity contribution in [2.75, 3.05) is 4.90 Å². The molecule has 0 unspecified atom stereocenters. The van der Waals surface area contributed by atoms with E-state index in [9.17, 15) is 0 Å². The van der Waals surface area contributed by atoms with Gasteiger partial charge in [-0.05, 0) is 158 Å². The fourth-order valence-electron chi connectivity index (χ4n) is 11.3. The zero-order valence-corrected chi connectivity index (χ0v) is 47.1. The van der Waals surface area contributed by atoms with Gasteiger partial charge < -0.3 is 4.90 Å². The van der Waals surface area contributed by atoms with E-state index in [1.54, 1.807) is 0 Å². The minimum atomic E-state index is 1.12. The van der Waals surface area contributed by atoms with Crippen molar-refractivity contribution in [1.82, 2.24) is 0 Å². The fourth-order valence-corrected chi connectivity index (χ4v) is 14.5. The van der Waals surface area contributed by atoms with Gasteiger partial charge >= 0.3 is 0 Å². The summed E-state index contributed by atoms with van der Waals surface area (Å²) in [5.41, 5.74) is 17.7. The van der Waals surface area contributed by atoms with Crippen molar-refractivity contribution in [2.24, 2.45) is 0 Å². The number of fused-ring (bicyclic) bond motifs is 9. The summed E-state index contributed by atoms with van der Waals surface area (Å²) in [4.78, 5) is 2.48. The normalized spacial score (nSPS) is 12.0. The number of thiophene rings is 3. The maximum atomic E-state index is 2.48. The van der Waals surface area contributed by atoms with E-state index >= 15 is 0 Å². The molecule has 0 radical (unpaired) electrons. The zero-order valence-electron chi connectivity index (χ0n) is 44.6. The van der Waals surface area contributed by atoms with Crippen LogP contribution in [0.4, 0.5) is 17.1 Å². The maximum absolute atomic E-state index is 2.48. The molecule has 3 aromatic heterocycles. The van der Waals surface area contributed by atoms with E-state index in [2.05, 4.69) is 314 Å². The number of hydrogen-bond acceptors (Lipinski definition) is 4. The molecule has 386 valence electrons. The third-order valence-electron chi connectivity index (χ3n) is 15.7. The summed E-state index contributed by atoms with van der Waals surface area (Å²) in [7, 11) is 0. The number of hydrogen-bond donors (Lipinski definition) is 0. The van der Waals surface area contributed by atoms with Crippen molar-refractivity contribution < 1.29 is 0 Å².